The number of amides is 1. The Hall–Kier alpha value is -2.84. The number of carbonyl (C=O) groups excluding carboxylic acids is 2. The van der Waals surface area contributed by atoms with Crippen LogP contribution >= 0.6 is 23.4 Å². The van der Waals surface area contributed by atoms with E-state index >= 15 is 0 Å². The van der Waals surface area contributed by atoms with Gasteiger partial charge in [0.2, 0.25) is 11.9 Å². The molecule has 1 N–H and O–H groups in total. The normalized spacial score (nSPS) is 15.5. The Balaban J connectivity index is 1.38. The van der Waals surface area contributed by atoms with E-state index in [2.05, 4.69) is 20.4 Å². The van der Waals surface area contributed by atoms with Crippen LogP contribution in [0, 0.1) is 0 Å². The fourth-order valence-corrected chi connectivity index (χ4v) is 5.12. The van der Waals surface area contributed by atoms with Crippen LogP contribution < -0.4 is 10.2 Å². The molecule has 3 aromatic rings. The number of thioether (sulfide) groups is 1. The van der Waals surface area contributed by atoms with E-state index in [0.29, 0.717) is 28.6 Å². The molecule has 32 heavy (non-hydrogen) atoms. The fraction of sp³-hybridized carbons (Fsp3) is 0.304. The number of hydrogen-bond donors (Lipinski definition) is 1. The lowest BCUT2D eigenvalue weighted by Gasteiger charge is -2.18. The SMILES string of the molecule is O=C1CCc2cc(C(=O)CSc3nnc(N4CCCC4)n3-c3cccc(Cl)c3)ccc2N1. The number of anilines is 2. The molecule has 2 aromatic carbocycles. The molecule has 0 atom stereocenters. The van der Waals surface area contributed by atoms with E-state index in [4.69, 9.17) is 11.6 Å². The third-order valence-electron chi connectivity index (χ3n) is 5.73. The third-order valence-corrected chi connectivity index (χ3v) is 6.89. The van der Waals surface area contributed by atoms with Crippen LogP contribution in [-0.4, -0.2) is 45.3 Å². The molecule has 164 valence electrons. The van der Waals surface area contributed by atoms with E-state index in [0.717, 1.165) is 48.8 Å². The topological polar surface area (TPSA) is 80.1 Å². The largest absolute Gasteiger partial charge is 0.341 e. The standard InChI is InChI=1S/C23H22ClN5O2S/c24-17-4-3-5-18(13-17)29-22(28-10-1-2-11-28)26-27-23(29)32-14-20(30)16-6-8-19-15(12-16)7-9-21(31)25-19/h3-6,8,12-13H,1-2,7,9-11,14H2,(H,25,31). The van der Waals surface area contributed by atoms with Crippen molar-refractivity contribution in [2.45, 2.75) is 30.8 Å². The first-order valence-electron chi connectivity index (χ1n) is 10.6. The van der Waals surface area contributed by atoms with Gasteiger partial charge in [-0.3, -0.25) is 14.2 Å². The predicted molar refractivity (Wildman–Crippen MR) is 126 cm³/mol. The van der Waals surface area contributed by atoms with Gasteiger partial charge in [-0.15, -0.1) is 10.2 Å². The van der Waals surface area contributed by atoms with Gasteiger partial charge in [0.15, 0.2) is 10.9 Å². The lowest BCUT2D eigenvalue weighted by molar-refractivity contribution is -0.116. The molecule has 0 bridgehead atoms. The summed E-state index contributed by atoms with van der Waals surface area (Å²) in [6, 6.07) is 13.0. The van der Waals surface area contributed by atoms with Gasteiger partial charge in [-0.05, 0) is 61.2 Å². The Morgan fingerprint density at radius 1 is 1.09 bits per heavy atom. The molecule has 9 heteroatoms. The molecule has 0 unspecified atom stereocenters. The van der Waals surface area contributed by atoms with E-state index in [1.54, 1.807) is 6.07 Å². The maximum absolute atomic E-state index is 12.9. The molecule has 1 aromatic heterocycles. The monoisotopic (exact) mass is 467 g/mol. The van der Waals surface area contributed by atoms with Crippen LogP contribution in [0.3, 0.4) is 0 Å². The van der Waals surface area contributed by atoms with Crippen LogP contribution in [0.25, 0.3) is 5.69 Å². The molecule has 0 spiro atoms. The smallest absolute Gasteiger partial charge is 0.232 e. The van der Waals surface area contributed by atoms with Crippen LogP contribution in [0.4, 0.5) is 11.6 Å². The summed E-state index contributed by atoms with van der Waals surface area (Å²) in [6.07, 6.45) is 3.35. The Morgan fingerprint density at radius 3 is 2.75 bits per heavy atom. The highest BCUT2D eigenvalue weighted by Crippen LogP contribution is 2.30. The number of ketones is 1. The van der Waals surface area contributed by atoms with Crippen LogP contribution in [0.5, 0.6) is 0 Å². The highest BCUT2D eigenvalue weighted by molar-refractivity contribution is 7.99. The van der Waals surface area contributed by atoms with Gasteiger partial charge in [-0.25, -0.2) is 0 Å². The van der Waals surface area contributed by atoms with Gasteiger partial charge in [0.1, 0.15) is 0 Å². The summed E-state index contributed by atoms with van der Waals surface area (Å²) in [5, 5.41) is 13.0. The number of fused-ring (bicyclic) bond motifs is 1. The van der Waals surface area contributed by atoms with Gasteiger partial charge in [0.05, 0.1) is 11.4 Å². The van der Waals surface area contributed by atoms with Gasteiger partial charge < -0.3 is 10.2 Å². The molecular weight excluding hydrogens is 446 g/mol. The molecule has 3 heterocycles. The minimum atomic E-state index is 0.0121. The van der Waals surface area contributed by atoms with E-state index in [1.807, 2.05) is 41.0 Å². The molecule has 7 nitrogen and oxygen atoms in total. The zero-order valence-electron chi connectivity index (χ0n) is 17.4. The lowest BCUT2D eigenvalue weighted by Crippen LogP contribution is -2.22. The minimum Gasteiger partial charge on any atom is -0.341 e. The van der Waals surface area contributed by atoms with Crippen LogP contribution in [0.15, 0.2) is 47.6 Å². The van der Waals surface area contributed by atoms with Crippen LogP contribution in [-0.2, 0) is 11.2 Å². The zero-order valence-corrected chi connectivity index (χ0v) is 19.0. The second kappa shape index (κ2) is 8.96. The lowest BCUT2D eigenvalue weighted by atomic mass is 9.99. The first-order chi connectivity index (χ1) is 15.6. The molecule has 2 aliphatic rings. The Bertz CT molecular complexity index is 1190. The molecule has 2 aliphatic heterocycles. The third kappa shape index (κ3) is 4.25. The van der Waals surface area contributed by atoms with Gasteiger partial charge in [0.25, 0.3) is 0 Å². The van der Waals surface area contributed by atoms with Gasteiger partial charge >= 0.3 is 0 Å². The summed E-state index contributed by atoms with van der Waals surface area (Å²) < 4.78 is 1.98. The van der Waals surface area contributed by atoms with Crippen molar-refractivity contribution < 1.29 is 9.59 Å². The summed E-state index contributed by atoms with van der Waals surface area (Å²) in [4.78, 5) is 26.7. The van der Waals surface area contributed by atoms with E-state index in [-0.39, 0.29) is 17.4 Å². The number of aryl methyl sites for hydroxylation is 1. The average Bonchev–Trinajstić information content (AvgIpc) is 3.47. The minimum absolute atomic E-state index is 0.0121. The number of hydrogen-bond acceptors (Lipinski definition) is 6. The first kappa shape index (κ1) is 21.0. The molecule has 0 saturated carbocycles. The summed E-state index contributed by atoms with van der Waals surface area (Å²) in [5.74, 6) is 1.05. The van der Waals surface area contributed by atoms with Crippen molar-refractivity contribution in [2.75, 3.05) is 29.1 Å². The van der Waals surface area contributed by atoms with Gasteiger partial charge in [-0.1, -0.05) is 29.4 Å². The Kier molecular flexibility index (Phi) is 5.89. The van der Waals surface area contributed by atoms with Crippen molar-refractivity contribution in [2.24, 2.45) is 0 Å². The van der Waals surface area contributed by atoms with E-state index in [9.17, 15) is 9.59 Å². The number of halogens is 1. The van der Waals surface area contributed by atoms with Crippen molar-refractivity contribution in [3.63, 3.8) is 0 Å². The summed E-state index contributed by atoms with van der Waals surface area (Å²) in [7, 11) is 0. The number of rotatable bonds is 6. The van der Waals surface area contributed by atoms with Crippen LogP contribution in [0.1, 0.15) is 35.2 Å². The van der Waals surface area contributed by atoms with Gasteiger partial charge in [0, 0.05) is 35.8 Å². The predicted octanol–water partition coefficient (Wildman–Crippen LogP) is 4.38. The maximum atomic E-state index is 12.9. The Morgan fingerprint density at radius 2 is 1.94 bits per heavy atom. The highest BCUT2D eigenvalue weighted by Gasteiger charge is 2.23. The molecule has 1 saturated heterocycles. The van der Waals surface area contributed by atoms with E-state index < -0.39 is 0 Å². The number of Topliss-reactive ketones (excluding diaryl/α,β-unsaturated/α-hetero) is 1. The highest BCUT2D eigenvalue weighted by atomic mass is 35.5. The number of aromatic nitrogens is 3. The van der Waals surface area contributed by atoms with Crippen molar-refractivity contribution in [3.8, 4) is 5.69 Å². The van der Waals surface area contributed by atoms with Crippen LogP contribution in [0.2, 0.25) is 5.02 Å². The van der Waals surface area contributed by atoms with Crippen molar-refractivity contribution in [1.82, 2.24) is 14.8 Å². The number of nitrogens with zero attached hydrogens (tertiary/aromatic N) is 4. The molecule has 0 aliphatic carbocycles. The second-order valence-electron chi connectivity index (χ2n) is 7.92. The molecule has 0 radical (unpaired) electrons. The van der Waals surface area contributed by atoms with Crippen molar-refractivity contribution in [1.29, 1.82) is 0 Å². The van der Waals surface area contributed by atoms with Crippen molar-refractivity contribution >= 4 is 46.7 Å². The molecule has 5 rings (SSSR count). The maximum Gasteiger partial charge on any atom is 0.232 e. The molecule has 1 fully saturated rings. The van der Waals surface area contributed by atoms with Crippen molar-refractivity contribution in [3.05, 3.63) is 58.6 Å². The fourth-order valence-electron chi connectivity index (χ4n) is 4.09. The number of benzene rings is 2. The molecule has 1 amide bonds. The number of carbonyl (C=O) groups is 2. The summed E-state index contributed by atoms with van der Waals surface area (Å²) in [6.45, 7) is 1.88. The number of nitrogens with one attached hydrogen (secondary N) is 1. The first-order valence-corrected chi connectivity index (χ1v) is 12.0. The summed E-state index contributed by atoms with van der Waals surface area (Å²) >= 11 is 7.61. The van der Waals surface area contributed by atoms with Gasteiger partial charge in [-0.2, -0.15) is 0 Å². The Labute approximate surface area is 195 Å². The summed E-state index contributed by atoms with van der Waals surface area (Å²) in [5.41, 5.74) is 3.31. The quantitative estimate of drug-likeness (QED) is 0.428. The second-order valence-corrected chi connectivity index (χ2v) is 9.30. The van der Waals surface area contributed by atoms with E-state index in [1.165, 1.54) is 11.8 Å². The molecular formula is C23H22ClN5O2S. The average molecular weight is 468 g/mol. The zero-order chi connectivity index (χ0) is 22.1.